The van der Waals surface area contributed by atoms with Gasteiger partial charge in [0.25, 0.3) is 5.91 Å². The third-order valence-electron chi connectivity index (χ3n) is 2.86. The molecular weight excluding hydrogens is 292 g/mol. The highest BCUT2D eigenvalue weighted by atomic mass is 35.5. The molecule has 0 atom stereocenters. The number of aromatic nitrogens is 5. The molecule has 0 saturated heterocycles. The number of hydrogen-bond acceptors (Lipinski definition) is 4. The summed E-state index contributed by atoms with van der Waals surface area (Å²) in [7, 11) is 0. The Morgan fingerprint density at radius 1 is 1.38 bits per heavy atom. The number of anilines is 1. The summed E-state index contributed by atoms with van der Waals surface area (Å²) in [5.74, 6) is -0.0902. The number of aryl methyl sites for hydroxylation is 1. The van der Waals surface area contributed by atoms with Gasteiger partial charge in [-0.15, -0.1) is 5.10 Å². The van der Waals surface area contributed by atoms with E-state index >= 15 is 0 Å². The third kappa shape index (κ3) is 2.87. The van der Waals surface area contributed by atoms with Crippen LogP contribution >= 0.6 is 11.6 Å². The van der Waals surface area contributed by atoms with E-state index in [1.54, 1.807) is 39.9 Å². The standard InChI is InChI=1S/C13H13ClN6O/c1-2-5-20-8-15-13(18-20)17-12(21)10-7-19-6-9(14)3-4-11(19)16-10/h3-4,6-8H,2,5H2,1H3,(H,17,18,21). The first-order chi connectivity index (χ1) is 10.2. The lowest BCUT2D eigenvalue weighted by atomic mass is 10.4. The van der Waals surface area contributed by atoms with Gasteiger partial charge in [-0.25, -0.2) is 9.97 Å². The van der Waals surface area contributed by atoms with Crippen molar-refractivity contribution < 1.29 is 4.79 Å². The SMILES string of the molecule is CCCn1cnc(NC(=O)c2cn3cc(Cl)ccc3n2)n1. The average molecular weight is 305 g/mol. The maximum atomic E-state index is 12.1. The van der Waals surface area contributed by atoms with Crippen LogP contribution in [0.25, 0.3) is 5.65 Å². The zero-order valence-corrected chi connectivity index (χ0v) is 12.1. The van der Waals surface area contributed by atoms with E-state index in [4.69, 9.17) is 11.6 Å². The Hall–Kier alpha value is -2.41. The molecule has 0 spiro atoms. The number of carbonyl (C=O) groups is 1. The molecule has 0 aromatic carbocycles. The largest absolute Gasteiger partial charge is 0.305 e. The molecule has 7 nitrogen and oxygen atoms in total. The van der Waals surface area contributed by atoms with Gasteiger partial charge in [-0.2, -0.15) is 0 Å². The Morgan fingerprint density at radius 3 is 3.05 bits per heavy atom. The summed E-state index contributed by atoms with van der Waals surface area (Å²) in [5.41, 5.74) is 0.929. The van der Waals surface area contributed by atoms with Crippen molar-refractivity contribution in [1.29, 1.82) is 0 Å². The Kier molecular flexibility index (Phi) is 3.57. The first-order valence-electron chi connectivity index (χ1n) is 6.51. The number of rotatable bonds is 4. The topological polar surface area (TPSA) is 77.1 Å². The van der Waals surface area contributed by atoms with Gasteiger partial charge in [0.15, 0.2) is 0 Å². The van der Waals surface area contributed by atoms with Crippen LogP contribution in [0.2, 0.25) is 5.02 Å². The average Bonchev–Trinajstić information content (AvgIpc) is 3.05. The minimum Gasteiger partial charge on any atom is -0.305 e. The number of carbonyl (C=O) groups excluding carboxylic acids is 1. The molecule has 3 heterocycles. The van der Waals surface area contributed by atoms with E-state index in [9.17, 15) is 4.79 Å². The van der Waals surface area contributed by atoms with Gasteiger partial charge in [0.1, 0.15) is 17.7 Å². The Labute approximate surface area is 125 Å². The first-order valence-corrected chi connectivity index (χ1v) is 6.88. The van der Waals surface area contributed by atoms with E-state index in [1.807, 2.05) is 6.92 Å². The number of halogens is 1. The maximum absolute atomic E-state index is 12.1. The molecule has 1 amide bonds. The molecular formula is C13H13ClN6O. The highest BCUT2D eigenvalue weighted by molar-refractivity contribution is 6.30. The number of fused-ring (bicyclic) bond motifs is 1. The van der Waals surface area contributed by atoms with Gasteiger partial charge in [-0.05, 0) is 18.6 Å². The van der Waals surface area contributed by atoms with Crippen LogP contribution in [0, 0.1) is 0 Å². The van der Waals surface area contributed by atoms with Crippen molar-refractivity contribution >= 4 is 29.1 Å². The summed E-state index contributed by atoms with van der Waals surface area (Å²) in [4.78, 5) is 20.4. The minimum absolute atomic E-state index is 0.267. The first kappa shape index (κ1) is 13.6. The zero-order chi connectivity index (χ0) is 14.8. The number of hydrogen-bond donors (Lipinski definition) is 1. The number of nitrogens with zero attached hydrogens (tertiary/aromatic N) is 5. The van der Waals surface area contributed by atoms with Gasteiger partial charge in [0.2, 0.25) is 5.95 Å². The maximum Gasteiger partial charge on any atom is 0.278 e. The fourth-order valence-corrected chi connectivity index (χ4v) is 2.10. The predicted molar refractivity (Wildman–Crippen MR) is 78.5 cm³/mol. The fourth-order valence-electron chi connectivity index (χ4n) is 1.93. The van der Waals surface area contributed by atoms with Crippen LogP contribution in [-0.2, 0) is 6.54 Å². The van der Waals surface area contributed by atoms with Crippen LogP contribution < -0.4 is 5.32 Å². The van der Waals surface area contributed by atoms with Crippen LogP contribution in [0.5, 0.6) is 0 Å². The van der Waals surface area contributed by atoms with E-state index in [0.29, 0.717) is 10.7 Å². The highest BCUT2D eigenvalue weighted by Crippen LogP contribution is 2.12. The number of nitrogens with one attached hydrogen (secondary N) is 1. The van der Waals surface area contributed by atoms with Crippen LogP contribution in [0.4, 0.5) is 5.95 Å². The van der Waals surface area contributed by atoms with Crippen LogP contribution in [0.15, 0.2) is 30.9 Å². The molecule has 0 aliphatic carbocycles. The fraction of sp³-hybridized carbons (Fsp3) is 0.231. The molecule has 3 aromatic heterocycles. The van der Waals surface area contributed by atoms with E-state index in [0.717, 1.165) is 13.0 Å². The number of imidazole rings is 1. The minimum atomic E-state index is -0.357. The third-order valence-corrected chi connectivity index (χ3v) is 3.09. The molecule has 21 heavy (non-hydrogen) atoms. The molecule has 0 radical (unpaired) electrons. The van der Waals surface area contributed by atoms with Crippen molar-refractivity contribution in [3.8, 4) is 0 Å². The second-order valence-corrected chi connectivity index (χ2v) is 4.96. The molecule has 1 N–H and O–H groups in total. The highest BCUT2D eigenvalue weighted by Gasteiger charge is 2.13. The van der Waals surface area contributed by atoms with Crippen molar-refractivity contribution in [2.45, 2.75) is 19.9 Å². The Balaban J connectivity index is 1.79. The second-order valence-electron chi connectivity index (χ2n) is 4.52. The van der Waals surface area contributed by atoms with Crippen molar-refractivity contribution in [3.63, 3.8) is 0 Å². The van der Waals surface area contributed by atoms with Crippen LogP contribution in [0.3, 0.4) is 0 Å². The summed E-state index contributed by atoms with van der Waals surface area (Å²) in [6, 6.07) is 3.47. The summed E-state index contributed by atoms with van der Waals surface area (Å²) < 4.78 is 3.37. The molecule has 108 valence electrons. The molecule has 0 saturated carbocycles. The van der Waals surface area contributed by atoms with Gasteiger partial charge in [0.05, 0.1) is 5.02 Å². The normalized spacial score (nSPS) is 11.0. The lowest BCUT2D eigenvalue weighted by Gasteiger charge is -1.97. The summed E-state index contributed by atoms with van der Waals surface area (Å²) >= 11 is 5.90. The van der Waals surface area contributed by atoms with E-state index in [2.05, 4.69) is 20.4 Å². The van der Waals surface area contributed by atoms with Crippen molar-refractivity contribution in [2.24, 2.45) is 0 Å². The number of amides is 1. The lowest BCUT2D eigenvalue weighted by Crippen LogP contribution is -2.13. The van der Waals surface area contributed by atoms with Crippen LogP contribution in [0.1, 0.15) is 23.8 Å². The number of pyridine rings is 1. The monoisotopic (exact) mass is 304 g/mol. The summed E-state index contributed by atoms with van der Waals surface area (Å²) in [5, 5.41) is 7.35. The predicted octanol–water partition coefficient (Wildman–Crippen LogP) is 2.24. The smallest absolute Gasteiger partial charge is 0.278 e. The van der Waals surface area contributed by atoms with Gasteiger partial charge in [-0.1, -0.05) is 18.5 Å². The quantitative estimate of drug-likeness (QED) is 0.802. The van der Waals surface area contributed by atoms with Crippen LogP contribution in [-0.4, -0.2) is 30.1 Å². The second kappa shape index (κ2) is 5.53. The molecule has 3 aromatic rings. The van der Waals surface area contributed by atoms with Crippen molar-refractivity contribution in [1.82, 2.24) is 24.1 Å². The van der Waals surface area contributed by atoms with E-state index in [1.165, 1.54) is 0 Å². The Bertz CT molecular complexity index is 793. The van der Waals surface area contributed by atoms with E-state index < -0.39 is 0 Å². The lowest BCUT2D eigenvalue weighted by molar-refractivity contribution is 0.102. The van der Waals surface area contributed by atoms with Gasteiger partial charge in [0, 0.05) is 18.9 Å². The van der Waals surface area contributed by atoms with Crippen molar-refractivity contribution in [2.75, 3.05) is 5.32 Å². The zero-order valence-electron chi connectivity index (χ0n) is 11.3. The summed E-state index contributed by atoms with van der Waals surface area (Å²) in [6.45, 7) is 2.80. The van der Waals surface area contributed by atoms with Gasteiger partial charge < -0.3 is 4.40 Å². The molecule has 0 unspecified atom stereocenters. The molecule has 0 aliphatic rings. The molecule has 3 rings (SSSR count). The molecule has 8 heteroatoms. The molecule has 0 bridgehead atoms. The Morgan fingerprint density at radius 2 is 2.24 bits per heavy atom. The molecule has 0 fully saturated rings. The van der Waals surface area contributed by atoms with Gasteiger partial charge >= 0.3 is 0 Å². The van der Waals surface area contributed by atoms with Crippen molar-refractivity contribution in [3.05, 3.63) is 41.6 Å². The molecule has 0 aliphatic heterocycles. The summed E-state index contributed by atoms with van der Waals surface area (Å²) in [6.07, 6.45) is 5.83. The van der Waals surface area contributed by atoms with E-state index in [-0.39, 0.29) is 17.5 Å². The van der Waals surface area contributed by atoms with Gasteiger partial charge in [-0.3, -0.25) is 14.8 Å².